The number of carbonyl (C=O) groups excluding carboxylic acids is 4. The molecule has 1 saturated heterocycles. The number of nitrogens with zero attached hydrogens (tertiary/aromatic N) is 10. The summed E-state index contributed by atoms with van der Waals surface area (Å²) in [5.41, 5.74) is 13.0. The highest BCUT2D eigenvalue weighted by molar-refractivity contribution is 6.05. The van der Waals surface area contributed by atoms with Gasteiger partial charge in [-0.15, -0.1) is 0 Å². The van der Waals surface area contributed by atoms with Crippen LogP contribution in [0.15, 0.2) is 48.6 Å². The predicted molar refractivity (Wildman–Crippen MR) is 243 cm³/mol. The average Bonchev–Trinajstić information content (AvgIpc) is 4.07. The van der Waals surface area contributed by atoms with Crippen molar-refractivity contribution in [3.63, 3.8) is 0 Å². The van der Waals surface area contributed by atoms with Crippen molar-refractivity contribution in [3.8, 4) is 11.5 Å². The number of aryl methyl sites for hydroxylation is 4. The second-order valence-electron chi connectivity index (χ2n) is 15.4. The Morgan fingerprint density at radius 3 is 1.83 bits per heavy atom. The van der Waals surface area contributed by atoms with Crippen molar-refractivity contribution in [1.82, 2.24) is 54.0 Å². The van der Waals surface area contributed by atoms with Crippen molar-refractivity contribution in [2.75, 3.05) is 71.3 Å². The van der Waals surface area contributed by atoms with Crippen molar-refractivity contribution in [2.24, 2.45) is 5.73 Å². The largest absolute Gasteiger partial charge is 0.494 e. The molecule has 0 atom stereocenters. The van der Waals surface area contributed by atoms with E-state index in [2.05, 4.69) is 31.2 Å². The SMILES string of the molecule is CCn1nc(C)cc1C(=O)Nc1nc2cc(C(N)=O)cc(OC)c2n1C/C=C/Cn1c(NC(=O)c2cc(C)nn2CC)nc2cc(C(=O)N(C)NC)cc(OCCCN3CCOCC3)c21. The summed E-state index contributed by atoms with van der Waals surface area (Å²) in [7, 11) is 4.75. The maximum absolute atomic E-state index is 13.9. The van der Waals surface area contributed by atoms with Gasteiger partial charge in [0.1, 0.15) is 33.9 Å². The van der Waals surface area contributed by atoms with Gasteiger partial charge in [-0.1, -0.05) is 12.2 Å². The fourth-order valence-electron chi connectivity index (χ4n) is 7.76. The van der Waals surface area contributed by atoms with Crippen LogP contribution in [0.1, 0.15) is 73.3 Å². The van der Waals surface area contributed by atoms with Crippen molar-refractivity contribution in [1.29, 1.82) is 0 Å². The third kappa shape index (κ3) is 10.0. The maximum atomic E-state index is 13.9. The Hall–Kier alpha value is -7.10. The van der Waals surface area contributed by atoms with Crippen LogP contribution in [0.4, 0.5) is 11.9 Å². The Balaban J connectivity index is 1.28. The van der Waals surface area contributed by atoms with E-state index in [-0.39, 0.29) is 36.5 Å². The Kier molecular flexibility index (Phi) is 14.2. The van der Waals surface area contributed by atoms with E-state index in [1.165, 1.54) is 18.2 Å². The number of fused-ring (bicyclic) bond motifs is 2. The summed E-state index contributed by atoms with van der Waals surface area (Å²) >= 11 is 0. The molecule has 0 bridgehead atoms. The second-order valence-corrected chi connectivity index (χ2v) is 15.4. The molecule has 2 aromatic carbocycles. The molecule has 21 heteroatoms. The molecule has 7 rings (SSSR count). The normalized spacial score (nSPS) is 13.2. The fourth-order valence-corrected chi connectivity index (χ4v) is 7.76. The van der Waals surface area contributed by atoms with Gasteiger partial charge in [0.05, 0.1) is 49.4 Å². The first-order chi connectivity index (χ1) is 31.3. The van der Waals surface area contributed by atoms with Crippen LogP contribution >= 0.6 is 0 Å². The van der Waals surface area contributed by atoms with Gasteiger partial charge in [0.15, 0.2) is 0 Å². The van der Waals surface area contributed by atoms with Crippen LogP contribution in [-0.2, 0) is 30.9 Å². The molecule has 4 amide bonds. The monoisotopic (exact) mass is 892 g/mol. The number of methoxy groups -OCH3 is 1. The van der Waals surface area contributed by atoms with E-state index in [1.54, 1.807) is 58.4 Å². The van der Waals surface area contributed by atoms with E-state index in [0.29, 0.717) is 94.8 Å². The lowest BCUT2D eigenvalue weighted by molar-refractivity contribution is 0.0358. The summed E-state index contributed by atoms with van der Waals surface area (Å²) in [6, 6.07) is 9.85. The van der Waals surface area contributed by atoms with Gasteiger partial charge in [-0.05, 0) is 70.5 Å². The number of anilines is 2. The topological polar surface area (TPSA) is 236 Å². The summed E-state index contributed by atoms with van der Waals surface area (Å²) in [5, 5.41) is 16.2. The second kappa shape index (κ2) is 20.2. The van der Waals surface area contributed by atoms with Gasteiger partial charge in [0.25, 0.3) is 17.7 Å². The standard InChI is InChI=1S/C44H56N14O7/c1-8-57-33(21-27(3)51-57)40(60)49-43-47-31-23-29(39(45)59)25-35(63-7)37(31)55(43)14-10-11-15-56-38-32(48-44(56)50-41(61)34-22-28(4)52-58(34)9-2)24-30(42(62)53(6)46-5)26-36(38)65-18-12-13-54-16-19-64-20-17-54/h10-11,21-26,46H,8-9,12-20H2,1-7H3,(H2,45,59)(H,47,49,60)(H,48,50,61)/b11-10+. The summed E-state index contributed by atoms with van der Waals surface area (Å²) in [5.74, 6) is -0.676. The number of primary amides is 1. The van der Waals surface area contributed by atoms with Gasteiger partial charge in [-0.3, -0.25) is 49.1 Å². The van der Waals surface area contributed by atoms with Gasteiger partial charge >= 0.3 is 0 Å². The molecule has 0 aliphatic carbocycles. The lowest BCUT2D eigenvalue weighted by atomic mass is 10.1. The van der Waals surface area contributed by atoms with Crippen LogP contribution in [0.3, 0.4) is 0 Å². The maximum Gasteiger partial charge on any atom is 0.276 e. The van der Waals surface area contributed by atoms with E-state index >= 15 is 0 Å². The van der Waals surface area contributed by atoms with Gasteiger partial charge in [-0.2, -0.15) is 10.2 Å². The predicted octanol–water partition coefficient (Wildman–Crippen LogP) is 3.61. The van der Waals surface area contributed by atoms with Crippen LogP contribution < -0.4 is 31.3 Å². The van der Waals surface area contributed by atoms with Gasteiger partial charge in [-0.25, -0.2) is 15.4 Å². The van der Waals surface area contributed by atoms with Crippen LogP contribution in [0.2, 0.25) is 0 Å². The van der Waals surface area contributed by atoms with Gasteiger partial charge in [0, 0.05) is 71.0 Å². The quantitative estimate of drug-likeness (QED) is 0.0518. The molecular weight excluding hydrogens is 837 g/mol. The summed E-state index contributed by atoms with van der Waals surface area (Å²) < 4.78 is 24.5. The first-order valence-electron chi connectivity index (χ1n) is 21.5. The molecule has 344 valence electrons. The highest BCUT2D eigenvalue weighted by Crippen LogP contribution is 2.33. The highest BCUT2D eigenvalue weighted by Gasteiger charge is 2.25. The third-order valence-electron chi connectivity index (χ3n) is 11.0. The first-order valence-corrected chi connectivity index (χ1v) is 21.5. The number of carbonyl (C=O) groups is 4. The molecule has 65 heavy (non-hydrogen) atoms. The molecule has 0 unspecified atom stereocenters. The van der Waals surface area contributed by atoms with Gasteiger partial charge < -0.3 is 29.1 Å². The number of rotatable bonds is 19. The molecule has 1 aliphatic rings. The number of hydrazine groups is 1. The van der Waals surface area contributed by atoms with Crippen molar-refractivity contribution in [2.45, 2.75) is 60.3 Å². The van der Waals surface area contributed by atoms with Gasteiger partial charge in [0.2, 0.25) is 17.8 Å². The molecule has 5 N–H and O–H groups in total. The van der Waals surface area contributed by atoms with Crippen molar-refractivity contribution in [3.05, 3.63) is 82.5 Å². The highest BCUT2D eigenvalue weighted by atomic mass is 16.5. The minimum Gasteiger partial charge on any atom is -0.494 e. The lowest BCUT2D eigenvalue weighted by Crippen LogP contribution is -2.37. The lowest BCUT2D eigenvalue weighted by Gasteiger charge is -2.26. The zero-order valence-corrected chi connectivity index (χ0v) is 37.8. The number of allylic oxidation sites excluding steroid dienone is 2. The Morgan fingerprint density at radius 1 is 0.800 bits per heavy atom. The number of hydrogen-bond acceptors (Lipinski definition) is 13. The zero-order chi connectivity index (χ0) is 46.4. The molecule has 1 fully saturated rings. The minimum atomic E-state index is -0.664. The van der Waals surface area contributed by atoms with E-state index in [4.69, 9.17) is 29.9 Å². The molecule has 0 saturated carbocycles. The number of benzene rings is 2. The van der Waals surface area contributed by atoms with Crippen LogP contribution in [0.25, 0.3) is 22.1 Å². The molecule has 6 aromatic rings. The summed E-state index contributed by atoms with van der Waals surface area (Å²) in [6.45, 7) is 13.0. The van der Waals surface area contributed by atoms with E-state index < -0.39 is 17.7 Å². The number of morpholine rings is 1. The number of nitrogens with one attached hydrogen (secondary N) is 3. The van der Waals surface area contributed by atoms with Crippen LogP contribution in [0, 0.1) is 13.8 Å². The van der Waals surface area contributed by atoms with Crippen LogP contribution in [-0.4, -0.2) is 133 Å². The Bertz CT molecular complexity index is 2760. The van der Waals surface area contributed by atoms with Crippen molar-refractivity contribution >= 4 is 57.6 Å². The Labute approximate surface area is 375 Å². The number of ether oxygens (including phenoxy) is 3. The molecule has 1 aliphatic heterocycles. The number of imidazole rings is 2. The molecular formula is C44H56N14O7. The summed E-state index contributed by atoms with van der Waals surface area (Å²) in [4.78, 5) is 65.4. The van der Waals surface area contributed by atoms with Crippen molar-refractivity contribution < 1.29 is 33.4 Å². The molecule has 0 radical (unpaired) electrons. The number of nitrogens with two attached hydrogens (primary N) is 1. The van der Waals surface area contributed by atoms with Crippen LogP contribution in [0.5, 0.6) is 11.5 Å². The first kappa shape index (κ1) is 45.9. The Morgan fingerprint density at radius 2 is 1.32 bits per heavy atom. The average molecular weight is 893 g/mol. The molecule has 5 heterocycles. The smallest absolute Gasteiger partial charge is 0.276 e. The molecule has 4 aromatic heterocycles. The summed E-state index contributed by atoms with van der Waals surface area (Å²) in [6.07, 6.45) is 4.47. The van der Waals surface area contributed by atoms with E-state index in [9.17, 15) is 19.2 Å². The molecule has 21 nitrogen and oxygen atoms in total. The fraction of sp³-hybridized carbons (Fsp3) is 0.409. The molecule has 0 spiro atoms. The number of hydrogen-bond donors (Lipinski definition) is 4. The minimum absolute atomic E-state index is 0.174. The van der Waals surface area contributed by atoms with E-state index in [1.807, 2.05) is 44.4 Å². The zero-order valence-electron chi connectivity index (χ0n) is 37.8. The number of aromatic nitrogens is 8. The van der Waals surface area contributed by atoms with E-state index in [0.717, 1.165) is 26.1 Å². The third-order valence-corrected chi connectivity index (χ3v) is 11.0. The number of amides is 4.